The van der Waals surface area contributed by atoms with Gasteiger partial charge in [0.25, 0.3) is 0 Å². The van der Waals surface area contributed by atoms with Gasteiger partial charge in [0.1, 0.15) is 30.2 Å². The van der Waals surface area contributed by atoms with Crippen LogP contribution in [0.3, 0.4) is 0 Å². The Kier molecular flexibility index (Phi) is 3.15. The van der Waals surface area contributed by atoms with Gasteiger partial charge in [-0.25, -0.2) is 15.0 Å². The van der Waals surface area contributed by atoms with Gasteiger partial charge in [-0.2, -0.15) is 0 Å². The average molecular weight is 306 g/mol. The van der Waals surface area contributed by atoms with Crippen LogP contribution in [0.1, 0.15) is 13.8 Å². The number of hydrogen-bond acceptors (Lipinski definition) is 7. The van der Waals surface area contributed by atoms with Gasteiger partial charge in [-0.15, -0.1) is 0 Å². The maximum absolute atomic E-state index is 5.99. The maximum atomic E-state index is 5.99. The van der Waals surface area contributed by atoms with Crippen LogP contribution in [-0.2, 0) is 25.5 Å². The van der Waals surface area contributed by atoms with Crippen molar-refractivity contribution >= 4 is 11.2 Å². The van der Waals surface area contributed by atoms with E-state index in [2.05, 4.69) is 15.0 Å². The van der Waals surface area contributed by atoms with Gasteiger partial charge >= 0.3 is 0 Å². The third-order valence-electron chi connectivity index (χ3n) is 4.02. The number of methoxy groups -OCH3 is 1. The van der Waals surface area contributed by atoms with Crippen LogP contribution in [0.15, 0.2) is 18.9 Å². The molecule has 118 valence electrons. The summed E-state index contributed by atoms with van der Waals surface area (Å²) in [5, 5.41) is 0. The summed E-state index contributed by atoms with van der Waals surface area (Å²) in [6.45, 7) is 4.37. The number of rotatable bonds is 3. The Morgan fingerprint density at radius 2 is 2.09 bits per heavy atom. The Morgan fingerprint density at radius 3 is 2.91 bits per heavy atom. The molecule has 2 aliphatic rings. The van der Waals surface area contributed by atoms with Crippen molar-refractivity contribution in [2.24, 2.45) is 0 Å². The molecular formula is C14H18N4O4. The molecule has 2 aliphatic heterocycles. The second kappa shape index (κ2) is 4.95. The highest BCUT2D eigenvalue weighted by molar-refractivity contribution is 5.68. The molecule has 2 fully saturated rings. The first-order valence-electron chi connectivity index (χ1n) is 7.22. The van der Waals surface area contributed by atoms with Gasteiger partial charge < -0.3 is 23.5 Å². The number of nitrogens with zero attached hydrogens (tertiary/aromatic N) is 4. The molecule has 8 nitrogen and oxygen atoms in total. The van der Waals surface area contributed by atoms with Crippen molar-refractivity contribution in [3.8, 4) is 0 Å². The summed E-state index contributed by atoms with van der Waals surface area (Å²) in [4.78, 5) is 12.4. The van der Waals surface area contributed by atoms with E-state index in [4.69, 9.17) is 18.9 Å². The van der Waals surface area contributed by atoms with E-state index in [-0.39, 0.29) is 18.3 Å². The molecule has 0 aliphatic carbocycles. The van der Waals surface area contributed by atoms with E-state index in [0.717, 1.165) is 5.52 Å². The molecule has 4 atom stereocenters. The van der Waals surface area contributed by atoms with Crippen LogP contribution in [0.2, 0.25) is 0 Å². The SMILES string of the molecule is CO[C@@H]1O[C@H](Cn2cnc3ncncc32)[C@H]2OC(C)(C)O[C@@H]12. The highest BCUT2D eigenvalue weighted by Crippen LogP contribution is 2.39. The van der Waals surface area contributed by atoms with Crippen LogP contribution in [0.4, 0.5) is 0 Å². The van der Waals surface area contributed by atoms with Crippen LogP contribution in [-0.4, -0.2) is 57.0 Å². The number of hydrogen-bond donors (Lipinski definition) is 0. The van der Waals surface area contributed by atoms with Gasteiger partial charge in [0.15, 0.2) is 17.7 Å². The molecule has 0 unspecified atom stereocenters. The summed E-state index contributed by atoms with van der Waals surface area (Å²) in [5.74, 6) is -0.631. The summed E-state index contributed by atoms with van der Waals surface area (Å²) in [5.41, 5.74) is 1.53. The lowest BCUT2D eigenvalue weighted by Crippen LogP contribution is -2.32. The van der Waals surface area contributed by atoms with Crippen molar-refractivity contribution < 1.29 is 18.9 Å². The molecule has 8 heteroatoms. The topological polar surface area (TPSA) is 80.5 Å². The first-order valence-corrected chi connectivity index (χ1v) is 7.22. The monoisotopic (exact) mass is 306 g/mol. The predicted molar refractivity (Wildman–Crippen MR) is 74.8 cm³/mol. The van der Waals surface area contributed by atoms with Crippen molar-refractivity contribution in [1.82, 2.24) is 19.5 Å². The number of imidazole rings is 1. The minimum atomic E-state index is -0.631. The van der Waals surface area contributed by atoms with Gasteiger partial charge in [0.2, 0.25) is 0 Å². The van der Waals surface area contributed by atoms with Gasteiger partial charge in [-0.1, -0.05) is 0 Å². The summed E-state index contributed by atoms with van der Waals surface area (Å²) < 4.78 is 25.1. The molecule has 0 amide bonds. The van der Waals surface area contributed by atoms with E-state index in [9.17, 15) is 0 Å². The van der Waals surface area contributed by atoms with E-state index < -0.39 is 12.1 Å². The highest BCUT2D eigenvalue weighted by atomic mass is 16.8. The van der Waals surface area contributed by atoms with Crippen molar-refractivity contribution in [2.45, 2.75) is 50.8 Å². The molecular weight excluding hydrogens is 288 g/mol. The van der Waals surface area contributed by atoms with E-state index in [1.165, 1.54) is 6.33 Å². The first-order chi connectivity index (χ1) is 10.6. The Hall–Kier alpha value is -1.61. The van der Waals surface area contributed by atoms with E-state index in [1.807, 2.05) is 18.4 Å². The van der Waals surface area contributed by atoms with Crippen LogP contribution in [0.5, 0.6) is 0 Å². The van der Waals surface area contributed by atoms with Crippen LogP contribution >= 0.6 is 0 Å². The summed E-state index contributed by atoms with van der Waals surface area (Å²) >= 11 is 0. The van der Waals surface area contributed by atoms with Gasteiger partial charge in [0.05, 0.1) is 19.1 Å². The second-order valence-corrected chi connectivity index (χ2v) is 5.97. The summed E-state index contributed by atoms with van der Waals surface area (Å²) in [6.07, 6.45) is 3.94. The smallest absolute Gasteiger partial charge is 0.186 e. The minimum Gasteiger partial charge on any atom is -0.353 e. The first kappa shape index (κ1) is 14.0. The standard InChI is InChI=1S/C14H18N4O4/c1-14(2)21-10-9(20-13(19-3)11(10)22-14)5-18-7-17-12-8(18)4-15-6-16-12/h4,6-7,9-11,13H,5H2,1-3H3/t9-,10-,11-,13-/m1/s1. The largest absolute Gasteiger partial charge is 0.353 e. The van der Waals surface area contributed by atoms with E-state index >= 15 is 0 Å². The number of ether oxygens (including phenoxy) is 4. The van der Waals surface area contributed by atoms with Crippen molar-refractivity contribution in [3.63, 3.8) is 0 Å². The molecule has 0 aromatic carbocycles. The zero-order valence-corrected chi connectivity index (χ0v) is 12.7. The van der Waals surface area contributed by atoms with Crippen LogP contribution in [0.25, 0.3) is 11.2 Å². The van der Waals surface area contributed by atoms with Crippen LogP contribution in [0, 0.1) is 0 Å². The fraction of sp³-hybridized carbons (Fsp3) is 0.643. The van der Waals surface area contributed by atoms with Crippen LogP contribution < -0.4 is 0 Å². The molecule has 2 aromatic heterocycles. The zero-order valence-electron chi connectivity index (χ0n) is 12.7. The molecule has 4 heterocycles. The lowest BCUT2D eigenvalue weighted by Gasteiger charge is -2.23. The van der Waals surface area contributed by atoms with Crippen molar-refractivity contribution in [3.05, 3.63) is 18.9 Å². The number of aromatic nitrogens is 4. The molecule has 0 N–H and O–H groups in total. The summed E-state index contributed by atoms with van der Waals surface area (Å²) in [6, 6.07) is 0. The fourth-order valence-corrected chi connectivity index (χ4v) is 3.12. The maximum Gasteiger partial charge on any atom is 0.186 e. The molecule has 0 radical (unpaired) electrons. The Bertz CT molecular complexity index is 688. The molecule has 0 spiro atoms. The molecule has 0 saturated carbocycles. The molecule has 0 bridgehead atoms. The fourth-order valence-electron chi connectivity index (χ4n) is 3.12. The van der Waals surface area contributed by atoms with Gasteiger partial charge in [-0.05, 0) is 13.8 Å². The molecule has 2 saturated heterocycles. The van der Waals surface area contributed by atoms with Gasteiger partial charge in [-0.3, -0.25) is 0 Å². The quantitative estimate of drug-likeness (QED) is 0.826. The lowest BCUT2D eigenvalue weighted by atomic mass is 10.1. The van der Waals surface area contributed by atoms with E-state index in [1.54, 1.807) is 19.6 Å². The van der Waals surface area contributed by atoms with Crippen molar-refractivity contribution in [2.75, 3.05) is 7.11 Å². The molecule has 22 heavy (non-hydrogen) atoms. The zero-order chi connectivity index (χ0) is 15.3. The average Bonchev–Trinajstić information content (AvgIpc) is 3.12. The Labute approximate surface area is 127 Å². The number of fused-ring (bicyclic) bond motifs is 2. The third-order valence-corrected chi connectivity index (χ3v) is 4.02. The Morgan fingerprint density at radius 1 is 1.27 bits per heavy atom. The Balaban J connectivity index is 1.60. The predicted octanol–water partition coefficient (Wildman–Crippen LogP) is 0.718. The second-order valence-electron chi connectivity index (χ2n) is 5.97. The summed E-state index contributed by atoms with van der Waals surface area (Å²) in [7, 11) is 1.61. The minimum absolute atomic E-state index is 0.179. The third kappa shape index (κ3) is 2.19. The van der Waals surface area contributed by atoms with Gasteiger partial charge in [0, 0.05) is 7.11 Å². The van der Waals surface area contributed by atoms with Crippen molar-refractivity contribution in [1.29, 1.82) is 0 Å². The normalized spacial score (nSPS) is 33.4. The highest BCUT2D eigenvalue weighted by Gasteiger charge is 2.55. The van der Waals surface area contributed by atoms with E-state index in [0.29, 0.717) is 12.2 Å². The molecule has 2 aromatic rings. The lowest BCUT2D eigenvalue weighted by molar-refractivity contribution is -0.228. The molecule has 4 rings (SSSR count).